The Morgan fingerprint density at radius 1 is 1.42 bits per heavy atom. The monoisotopic (exact) mass is 180 g/mol. The first-order valence-electron chi connectivity index (χ1n) is 4.30. The van der Waals surface area contributed by atoms with Crippen molar-refractivity contribution in [1.29, 1.82) is 0 Å². The molecule has 0 saturated carbocycles. The zero-order chi connectivity index (χ0) is 8.55. The number of thiazole rings is 1. The van der Waals surface area contributed by atoms with Crippen LogP contribution in [0.25, 0.3) is 4.96 Å². The summed E-state index contributed by atoms with van der Waals surface area (Å²) in [7, 11) is 0. The Balaban J connectivity index is 2.70. The highest BCUT2D eigenvalue weighted by Gasteiger charge is 2.08. The lowest BCUT2D eigenvalue weighted by molar-refractivity contribution is 0.945. The maximum absolute atomic E-state index is 4.54. The Bertz CT molecular complexity index is 386. The molecule has 0 radical (unpaired) electrons. The molecule has 0 aliphatic rings. The largest absolute Gasteiger partial charge is 0.294 e. The van der Waals surface area contributed by atoms with Crippen molar-refractivity contribution < 1.29 is 0 Å². The molecule has 64 valence electrons. The standard InChI is InChI=1S/C9H12N2S/c1-3-7-8(4-2)11-5-6-12-9(11)10-7/h5-6H,3-4H2,1-2H3. The van der Waals surface area contributed by atoms with Gasteiger partial charge in [0.1, 0.15) is 0 Å². The third-order valence-corrected chi connectivity index (χ3v) is 2.87. The van der Waals surface area contributed by atoms with E-state index < -0.39 is 0 Å². The van der Waals surface area contributed by atoms with Gasteiger partial charge in [0.05, 0.1) is 5.69 Å². The highest BCUT2D eigenvalue weighted by atomic mass is 32.1. The molecule has 2 nitrogen and oxygen atoms in total. The second-order valence-electron chi connectivity index (χ2n) is 2.77. The van der Waals surface area contributed by atoms with Crippen molar-refractivity contribution in [3.8, 4) is 0 Å². The molecular formula is C9H12N2S. The SMILES string of the molecule is CCc1nc2sccn2c1CC. The summed E-state index contributed by atoms with van der Waals surface area (Å²) in [5.74, 6) is 0. The van der Waals surface area contributed by atoms with Gasteiger partial charge in [0.2, 0.25) is 0 Å². The van der Waals surface area contributed by atoms with Gasteiger partial charge >= 0.3 is 0 Å². The highest BCUT2D eigenvalue weighted by Crippen LogP contribution is 2.17. The number of imidazole rings is 1. The van der Waals surface area contributed by atoms with Crippen LogP contribution in [0.3, 0.4) is 0 Å². The summed E-state index contributed by atoms with van der Waals surface area (Å²) in [6, 6.07) is 0. The molecule has 2 heterocycles. The van der Waals surface area contributed by atoms with Gasteiger partial charge in [0.25, 0.3) is 0 Å². The summed E-state index contributed by atoms with van der Waals surface area (Å²) in [4.78, 5) is 5.67. The number of nitrogens with zero attached hydrogens (tertiary/aromatic N) is 2. The van der Waals surface area contributed by atoms with Crippen LogP contribution in [-0.2, 0) is 12.8 Å². The molecule has 0 fully saturated rings. The minimum absolute atomic E-state index is 1.04. The zero-order valence-corrected chi connectivity index (χ0v) is 8.19. The van der Waals surface area contributed by atoms with E-state index in [9.17, 15) is 0 Å². The van der Waals surface area contributed by atoms with Gasteiger partial charge in [-0.25, -0.2) is 4.98 Å². The second kappa shape index (κ2) is 2.90. The van der Waals surface area contributed by atoms with Crippen LogP contribution in [-0.4, -0.2) is 9.38 Å². The molecule has 0 amide bonds. The van der Waals surface area contributed by atoms with Crippen LogP contribution >= 0.6 is 11.3 Å². The molecular weight excluding hydrogens is 168 g/mol. The van der Waals surface area contributed by atoms with Gasteiger partial charge in [-0.2, -0.15) is 0 Å². The van der Waals surface area contributed by atoms with E-state index in [-0.39, 0.29) is 0 Å². The first kappa shape index (κ1) is 7.80. The molecule has 2 rings (SSSR count). The number of aryl methyl sites for hydroxylation is 2. The third-order valence-electron chi connectivity index (χ3n) is 2.11. The summed E-state index contributed by atoms with van der Waals surface area (Å²) >= 11 is 1.70. The van der Waals surface area contributed by atoms with Crippen molar-refractivity contribution >= 4 is 16.3 Å². The van der Waals surface area contributed by atoms with E-state index in [0.29, 0.717) is 0 Å². The van der Waals surface area contributed by atoms with Gasteiger partial charge in [0, 0.05) is 17.3 Å². The molecule has 0 N–H and O–H groups in total. The van der Waals surface area contributed by atoms with Crippen molar-refractivity contribution in [2.24, 2.45) is 0 Å². The van der Waals surface area contributed by atoms with Crippen molar-refractivity contribution in [1.82, 2.24) is 9.38 Å². The molecule has 0 aliphatic heterocycles. The van der Waals surface area contributed by atoms with Crippen molar-refractivity contribution in [2.45, 2.75) is 26.7 Å². The zero-order valence-electron chi connectivity index (χ0n) is 7.37. The lowest BCUT2D eigenvalue weighted by atomic mass is 10.2. The Hall–Kier alpha value is -0.830. The summed E-state index contributed by atoms with van der Waals surface area (Å²) in [6.07, 6.45) is 4.21. The normalized spacial score (nSPS) is 11.2. The summed E-state index contributed by atoms with van der Waals surface area (Å²) in [5, 5.41) is 2.08. The first-order chi connectivity index (χ1) is 5.86. The molecule has 0 aliphatic carbocycles. The maximum Gasteiger partial charge on any atom is 0.194 e. The quantitative estimate of drug-likeness (QED) is 0.694. The Morgan fingerprint density at radius 2 is 2.25 bits per heavy atom. The van der Waals surface area contributed by atoms with Crippen LogP contribution in [0.15, 0.2) is 11.6 Å². The summed E-state index contributed by atoms with van der Waals surface area (Å²) in [5.41, 5.74) is 2.62. The Kier molecular flexibility index (Phi) is 1.89. The summed E-state index contributed by atoms with van der Waals surface area (Å²) < 4.78 is 2.20. The van der Waals surface area contributed by atoms with Gasteiger partial charge in [0.15, 0.2) is 4.96 Å². The van der Waals surface area contributed by atoms with Crippen LogP contribution < -0.4 is 0 Å². The van der Waals surface area contributed by atoms with Crippen LogP contribution in [0, 0.1) is 0 Å². The predicted octanol–water partition coefficient (Wildman–Crippen LogP) is 2.52. The topological polar surface area (TPSA) is 17.3 Å². The van der Waals surface area contributed by atoms with Gasteiger partial charge in [-0.05, 0) is 12.8 Å². The molecule has 2 aromatic rings. The van der Waals surface area contributed by atoms with Gasteiger partial charge < -0.3 is 0 Å². The lowest BCUT2D eigenvalue weighted by Gasteiger charge is -1.95. The molecule has 0 unspecified atom stereocenters. The van der Waals surface area contributed by atoms with Crippen LogP contribution in [0.2, 0.25) is 0 Å². The molecule has 0 saturated heterocycles. The predicted molar refractivity (Wildman–Crippen MR) is 51.8 cm³/mol. The minimum atomic E-state index is 1.04. The fourth-order valence-electron chi connectivity index (χ4n) is 1.53. The van der Waals surface area contributed by atoms with E-state index >= 15 is 0 Å². The smallest absolute Gasteiger partial charge is 0.194 e. The van der Waals surface area contributed by atoms with E-state index in [0.717, 1.165) is 17.8 Å². The fourth-order valence-corrected chi connectivity index (χ4v) is 2.29. The van der Waals surface area contributed by atoms with Crippen molar-refractivity contribution in [3.63, 3.8) is 0 Å². The number of fused-ring (bicyclic) bond motifs is 1. The van der Waals surface area contributed by atoms with E-state index in [2.05, 4.69) is 34.8 Å². The fraction of sp³-hybridized carbons (Fsp3) is 0.444. The number of hydrogen-bond donors (Lipinski definition) is 0. The third kappa shape index (κ3) is 0.966. The van der Waals surface area contributed by atoms with Crippen LogP contribution in [0.5, 0.6) is 0 Å². The van der Waals surface area contributed by atoms with E-state index in [1.807, 2.05) is 0 Å². The average Bonchev–Trinajstić information content (AvgIpc) is 2.61. The van der Waals surface area contributed by atoms with E-state index in [4.69, 9.17) is 0 Å². The summed E-state index contributed by atoms with van der Waals surface area (Å²) in [6.45, 7) is 4.34. The maximum atomic E-state index is 4.54. The second-order valence-corrected chi connectivity index (χ2v) is 3.64. The Morgan fingerprint density at radius 3 is 2.92 bits per heavy atom. The number of hydrogen-bond acceptors (Lipinski definition) is 2. The van der Waals surface area contributed by atoms with Crippen molar-refractivity contribution in [3.05, 3.63) is 23.0 Å². The number of aromatic nitrogens is 2. The molecule has 2 aromatic heterocycles. The molecule has 3 heteroatoms. The highest BCUT2D eigenvalue weighted by molar-refractivity contribution is 7.15. The van der Waals surface area contributed by atoms with E-state index in [1.165, 1.54) is 11.4 Å². The Labute approximate surface area is 75.9 Å². The van der Waals surface area contributed by atoms with E-state index in [1.54, 1.807) is 11.3 Å². The van der Waals surface area contributed by atoms with Crippen LogP contribution in [0.1, 0.15) is 25.2 Å². The molecule has 0 spiro atoms. The van der Waals surface area contributed by atoms with Crippen LogP contribution in [0.4, 0.5) is 0 Å². The molecule has 0 bridgehead atoms. The minimum Gasteiger partial charge on any atom is -0.294 e. The first-order valence-corrected chi connectivity index (χ1v) is 5.18. The van der Waals surface area contributed by atoms with Crippen molar-refractivity contribution in [2.75, 3.05) is 0 Å². The van der Waals surface area contributed by atoms with Gasteiger partial charge in [-0.3, -0.25) is 4.40 Å². The van der Waals surface area contributed by atoms with Gasteiger partial charge in [-0.1, -0.05) is 13.8 Å². The van der Waals surface area contributed by atoms with Gasteiger partial charge in [-0.15, -0.1) is 11.3 Å². The molecule has 0 aromatic carbocycles. The molecule has 0 atom stereocenters. The average molecular weight is 180 g/mol. The number of rotatable bonds is 2. The molecule has 12 heavy (non-hydrogen) atoms. The lowest BCUT2D eigenvalue weighted by Crippen LogP contribution is -1.91.